The third-order valence-corrected chi connectivity index (χ3v) is 3.62. The molecule has 1 radical (unpaired) electrons. The summed E-state index contributed by atoms with van der Waals surface area (Å²) in [5.74, 6) is 0.250. The van der Waals surface area contributed by atoms with Gasteiger partial charge < -0.3 is 4.99 Å². The Labute approximate surface area is 133 Å². The molecular weight excluding hydrogens is 422 g/mol. The second-order valence-corrected chi connectivity index (χ2v) is 4.92. The molecule has 0 saturated carbocycles. The molecule has 1 aliphatic heterocycles. The fourth-order valence-corrected chi connectivity index (χ4v) is 2.72. The van der Waals surface area contributed by atoms with E-state index in [1.165, 1.54) is 16.7 Å². The van der Waals surface area contributed by atoms with Crippen molar-refractivity contribution in [3.63, 3.8) is 0 Å². The van der Waals surface area contributed by atoms with Gasteiger partial charge in [0.05, 0.1) is 0 Å². The van der Waals surface area contributed by atoms with E-state index in [1.807, 2.05) is 24.4 Å². The van der Waals surface area contributed by atoms with E-state index in [4.69, 9.17) is 0 Å². The number of rotatable bonds is 2. The molecule has 0 aromatic heterocycles. The molecule has 20 heavy (non-hydrogen) atoms. The summed E-state index contributed by atoms with van der Waals surface area (Å²) >= 11 is 0. The van der Waals surface area contributed by atoms with E-state index in [9.17, 15) is 0 Å². The number of aryl methyl sites for hydroxylation is 2. The van der Waals surface area contributed by atoms with E-state index >= 15 is 0 Å². The third-order valence-electron chi connectivity index (χ3n) is 3.62. The molecule has 1 aliphatic rings. The average molecular weight is 439 g/mol. The molecule has 1 heterocycles. The Hall–Kier alpha value is -1.50. The molecule has 3 rings (SSSR count). The Morgan fingerprint density at radius 1 is 1.00 bits per heavy atom. The fraction of sp³-hybridized carbons (Fsp3) is 0.167. The predicted octanol–water partition coefficient (Wildman–Crippen LogP) is 4.20. The van der Waals surface area contributed by atoms with Crippen LogP contribution in [0.25, 0.3) is 0 Å². The van der Waals surface area contributed by atoms with Crippen molar-refractivity contribution in [1.29, 1.82) is 0 Å². The standard InChI is InChI=1S/C18H16N.Ir/c1-13-7-6-8-14(2)17(13)16-11-12-19-18(16)15-9-4-3-5-10-15;/h3-9,11-12,16H,1-2H3;/q-1;. The van der Waals surface area contributed by atoms with Crippen LogP contribution in [0.5, 0.6) is 0 Å². The molecule has 2 aromatic rings. The van der Waals surface area contributed by atoms with Gasteiger partial charge >= 0.3 is 0 Å². The zero-order valence-electron chi connectivity index (χ0n) is 11.6. The summed E-state index contributed by atoms with van der Waals surface area (Å²) < 4.78 is 0. The van der Waals surface area contributed by atoms with Crippen LogP contribution in [0.2, 0.25) is 0 Å². The summed E-state index contributed by atoms with van der Waals surface area (Å²) in [7, 11) is 0. The number of hydrogen-bond acceptors (Lipinski definition) is 1. The maximum absolute atomic E-state index is 4.55. The van der Waals surface area contributed by atoms with E-state index in [1.54, 1.807) is 0 Å². The smallest absolute Gasteiger partial charge is 0.0127 e. The van der Waals surface area contributed by atoms with Crippen LogP contribution in [-0.2, 0) is 20.1 Å². The van der Waals surface area contributed by atoms with Crippen molar-refractivity contribution >= 4 is 5.71 Å². The molecule has 0 N–H and O–H groups in total. The molecule has 2 heteroatoms. The molecule has 0 spiro atoms. The van der Waals surface area contributed by atoms with E-state index in [-0.39, 0.29) is 26.0 Å². The number of allylic oxidation sites excluding steroid dienone is 1. The zero-order valence-corrected chi connectivity index (χ0v) is 13.9. The molecule has 0 saturated heterocycles. The summed E-state index contributed by atoms with van der Waals surface area (Å²) in [6, 6.07) is 17.8. The van der Waals surface area contributed by atoms with Crippen molar-refractivity contribution in [3.8, 4) is 0 Å². The third kappa shape index (κ3) is 2.67. The van der Waals surface area contributed by atoms with Crippen LogP contribution in [0, 0.1) is 19.9 Å². The minimum absolute atomic E-state index is 0. The minimum atomic E-state index is 0. The topological polar surface area (TPSA) is 12.4 Å². The molecule has 1 unspecified atom stereocenters. The van der Waals surface area contributed by atoms with Crippen LogP contribution in [0.4, 0.5) is 0 Å². The monoisotopic (exact) mass is 439 g/mol. The van der Waals surface area contributed by atoms with Gasteiger partial charge in [-0.2, -0.15) is 0 Å². The molecule has 0 amide bonds. The van der Waals surface area contributed by atoms with Gasteiger partial charge in [0.2, 0.25) is 0 Å². The van der Waals surface area contributed by atoms with E-state index in [0.717, 1.165) is 11.3 Å². The predicted molar refractivity (Wildman–Crippen MR) is 79.6 cm³/mol. The van der Waals surface area contributed by atoms with Gasteiger partial charge in [0, 0.05) is 32.2 Å². The first-order chi connectivity index (χ1) is 9.27. The second-order valence-electron chi connectivity index (χ2n) is 4.92. The summed E-state index contributed by atoms with van der Waals surface area (Å²) in [6.07, 6.45) is 4.08. The van der Waals surface area contributed by atoms with Crippen LogP contribution < -0.4 is 0 Å². The van der Waals surface area contributed by atoms with Gasteiger partial charge in [-0.1, -0.05) is 24.3 Å². The first kappa shape index (κ1) is 14.9. The fourth-order valence-electron chi connectivity index (χ4n) is 2.72. The van der Waals surface area contributed by atoms with Gasteiger partial charge in [0.15, 0.2) is 0 Å². The molecular formula is C18H16IrN-. The number of benzene rings is 2. The van der Waals surface area contributed by atoms with Crippen molar-refractivity contribution in [3.05, 3.63) is 83.1 Å². The van der Waals surface area contributed by atoms with Crippen LogP contribution in [0.3, 0.4) is 0 Å². The van der Waals surface area contributed by atoms with Gasteiger partial charge in [-0.3, -0.25) is 0 Å². The number of nitrogens with zero attached hydrogens (tertiary/aromatic N) is 1. The van der Waals surface area contributed by atoms with Gasteiger partial charge in [-0.05, 0) is 36.2 Å². The van der Waals surface area contributed by atoms with Crippen molar-refractivity contribution in [2.45, 2.75) is 19.8 Å². The SMILES string of the molecule is Cc1cccc(C)c1C1C=CN=C1c1[c-]cccc1.[Ir]. The molecule has 103 valence electrons. The van der Waals surface area contributed by atoms with Gasteiger partial charge in [-0.25, -0.2) is 0 Å². The first-order valence-corrected chi connectivity index (χ1v) is 6.55. The van der Waals surface area contributed by atoms with Crippen LogP contribution >= 0.6 is 0 Å². The summed E-state index contributed by atoms with van der Waals surface area (Å²) in [5, 5.41) is 0. The van der Waals surface area contributed by atoms with Gasteiger partial charge in [-0.15, -0.1) is 35.9 Å². The Morgan fingerprint density at radius 3 is 2.40 bits per heavy atom. The minimum Gasteiger partial charge on any atom is -0.308 e. The average Bonchev–Trinajstić information content (AvgIpc) is 2.89. The summed E-state index contributed by atoms with van der Waals surface area (Å²) in [5.41, 5.74) is 6.19. The molecule has 0 aliphatic carbocycles. The van der Waals surface area contributed by atoms with Gasteiger partial charge in [0.25, 0.3) is 0 Å². The Balaban J connectivity index is 0.00000147. The van der Waals surface area contributed by atoms with E-state index in [0.29, 0.717) is 0 Å². The van der Waals surface area contributed by atoms with Gasteiger partial charge in [0.1, 0.15) is 0 Å². The van der Waals surface area contributed by atoms with Crippen molar-refractivity contribution < 1.29 is 20.1 Å². The van der Waals surface area contributed by atoms with E-state index in [2.05, 4.69) is 55.2 Å². The van der Waals surface area contributed by atoms with Crippen molar-refractivity contribution in [1.82, 2.24) is 0 Å². The quantitative estimate of drug-likeness (QED) is 0.624. The second kappa shape index (κ2) is 6.30. The maximum Gasteiger partial charge on any atom is 0.0127 e. The number of hydrogen-bond donors (Lipinski definition) is 0. The molecule has 0 bridgehead atoms. The summed E-state index contributed by atoms with van der Waals surface area (Å²) in [6.45, 7) is 4.33. The van der Waals surface area contributed by atoms with Crippen molar-refractivity contribution in [2.75, 3.05) is 0 Å². The van der Waals surface area contributed by atoms with Crippen molar-refractivity contribution in [2.24, 2.45) is 4.99 Å². The molecule has 0 fully saturated rings. The Morgan fingerprint density at radius 2 is 1.75 bits per heavy atom. The largest absolute Gasteiger partial charge is 0.308 e. The van der Waals surface area contributed by atoms with Crippen LogP contribution in [-0.4, -0.2) is 5.71 Å². The molecule has 2 aromatic carbocycles. The van der Waals surface area contributed by atoms with E-state index < -0.39 is 0 Å². The first-order valence-electron chi connectivity index (χ1n) is 6.55. The maximum atomic E-state index is 4.55. The normalized spacial score (nSPS) is 16.7. The Bertz CT molecular complexity index is 636. The van der Waals surface area contributed by atoms with Crippen LogP contribution in [0.15, 0.2) is 59.7 Å². The van der Waals surface area contributed by atoms with Crippen LogP contribution in [0.1, 0.15) is 28.2 Å². The molecule has 1 nitrogen and oxygen atoms in total. The molecule has 1 atom stereocenters. The number of aliphatic imine (C=N–C) groups is 1. The zero-order chi connectivity index (χ0) is 13.2. The summed E-state index contributed by atoms with van der Waals surface area (Å²) in [4.78, 5) is 4.55. The Kier molecular flexibility index (Phi) is 4.69.